The van der Waals surface area contributed by atoms with Gasteiger partial charge in [-0.3, -0.25) is 4.98 Å². The Morgan fingerprint density at radius 2 is 2.26 bits per heavy atom. The summed E-state index contributed by atoms with van der Waals surface area (Å²) >= 11 is 1.83. The summed E-state index contributed by atoms with van der Waals surface area (Å²) in [6.45, 7) is 3.05. The number of hydrogen-bond acceptors (Lipinski definition) is 4. The zero-order valence-electron chi connectivity index (χ0n) is 11.4. The van der Waals surface area contributed by atoms with Gasteiger partial charge in [0.2, 0.25) is 0 Å². The topological polar surface area (TPSA) is 37.8 Å². The largest absolute Gasteiger partial charge is 0.319 e. The van der Waals surface area contributed by atoms with Gasteiger partial charge >= 0.3 is 0 Å². The summed E-state index contributed by atoms with van der Waals surface area (Å²) in [6.07, 6.45) is 3.71. The third-order valence-corrected chi connectivity index (χ3v) is 4.78. The Kier molecular flexibility index (Phi) is 3.62. The molecule has 0 fully saturated rings. The first-order valence-corrected chi connectivity index (χ1v) is 7.68. The Balaban J connectivity index is 1.97. The van der Waals surface area contributed by atoms with Gasteiger partial charge in [0, 0.05) is 23.0 Å². The highest BCUT2D eigenvalue weighted by Gasteiger charge is 2.24. The van der Waals surface area contributed by atoms with Crippen LogP contribution in [0.5, 0.6) is 0 Å². The number of nitrogens with zero attached hydrogens (tertiary/aromatic N) is 2. The van der Waals surface area contributed by atoms with Crippen LogP contribution >= 0.6 is 11.3 Å². The van der Waals surface area contributed by atoms with Crippen molar-refractivity contribution in [1.82, 2.24) is 15.3 Å². The summed E-state index contributed by atoms with van der Waals surface area (Å²) in [4.78, 5) is 10.9. The third-order valence-electron chi connectivity index (χ3n) is 3.63. The first kappa shape index (κ1) is 12.8. The van der Waals surface area contributed by atoms with Crippen LogP contribution in [0.25, 0.3) is 10.7 Å². The molecule has 0 aromatic carbocycles. The number of nitrogens with one attached hydrogen (secondary N) is 1. The van der Waals surface area contributed by atoms with E-state index >= 15 is 0 Å². The zero-order chi connectivity index (χ0) is 13.2. The van der Waals surface area contributed by atoms with E-state index in [1.165, 1.54) is 29.8 Å². The molecular weight excluding hydrogens is 254 g/mol. The fourth-order valence-corrected chi connectivity index (χ4v) is 3.88. The van der Waals surface area contributed by atoms with Gasteiger partial charge in [-0.1, -0.05) is 6.07 Å². The summed E-state index contributed by atoms with van der Waals surface area (Å²) in [6, 6.07) is 6.15. The van der Waals surface area contributed by atoms with Gasteiger partial charge in [-0.25, -0.2) is 4.98 Å². The molecule has 0 saturated carbocycles. The Morgan fingerprint density at radius 1 is 1.37 bits per heavy atom. The van der Waals surface area contributed by atoms with Crippen molar-refractivity contribution in [2.24, 2.45) is 0 Å². The maximum absolute atomic E-state index is 4.88. The van der Waals surface area contributed by atoms with E-state index in [0.29, 0.717) is 5.92 Å². The lowest BCUT2D eigenvalue weighted by Crippen LogP contribution is -2.20. The Labute approximate surface area is 118 Å². The molecule has 0 bridgehead atoms. The number of aromatic nitrogens is 2. The van der Waals surface area contributed by atoms with Gasteiger partial charge in [-0.2, -0.15) is 0 Å². The number of thiazole rings is 1. The van der Waals surface area contributed by atoms with Crippen molar-refractivity contribution in [2.75, 3.05) is 13.6 Å². The Bertz CT molecular complexity index is 577. The Morgan fingerprint density at radius 3 is 3.05 bits per heavy atom. The summed E-state index contributed by atoms with van der Waals surface area (Å²) in [7, 11) is 2.02. The minimum atomic E-state index is 0.573. The molecule has 1 aliphatic carbocycles. The van der Waals surface area contributed by atoms with Gasteiger partial charge < -0.3 is 5.32 Å². The summed E-state index contributed by atoms with van der Waals surface area (Å²) < 4.78 is 0. The average Bonchev–Trinajstić information content (AvgIpc) is 2.84. The molecule has 3 nitrogen and oxygen atoms in total. The van der Waals surface area contributed by atoms with Gasteiger partial charge in [0.1, 0.15) is 5.01 Å². The van der Waals surface area contributed by atoms with Crippen molar-refractivity contribution >= 4 is 11.3 Å². The predicted molar refractivity (Wildman–Crippen MR) is 79.7 cm³/mol. The first-order chi connectivity index (χ1) is 9.28. The van der Waals surface area contributed by atoms with Crippen LogP contribution < -0.4 is 5.32 Å². The van der Waals surface area contributed by atoms with Gasteiger partial charge in [0.25, 0.3) is 0 Å². The number of pyridine rings is 1. The second-order valence-electron chi connectivity index (χ2n) is 5.14. The van der Waals surface area contributed by atoms with E-state index in [4.69, 9.17) is 4.98 Å². The molecule has 1 N–H and O–H groups in total. The van der Waals surface area contributed by atoms with Crippen molar-refractivity contribution < 1.29 is 0 Å². The molecule has 1 aliphatic rings. The number of hydrogen-bond donors (Lipinski definition) is 1. The summed E-state index contributed by atoms with van der Waals surface area (Å²) in [5.41, 5.74) is 3.38. The lowest BCUT2D eigenvalue weighted by atomic mass is 9.91. The van der Waals surface area contributed by atoms with Crippen LogP contribution in [-0.2, 0) is 6.42 Å². The van der Waals surface area contributed by atoms with Crippen LogP contribution in [0.2, 0.25) is 0 Å². The van der Waals surface area contributed by atoms with E-state index in [2.05, 4.69) is 22.4 Å². The van der Waals surface area contributed by atoms with E-state index in [1.54, 1.807) is 0 Å². The van der Waals surface area contributed by atoms with E-state index in [-0.39, 0.29) is 0 Å². The molecule has 0 aliphatic heterocycles. The highest BCUT2D eigenvalue weighted by molar-refractivity contribution is 7.15. The number of likely N-dealkylation sites (N-methyl/N-ethyl adjacent to an activating group) is 1. The molecule has 1 unspecified atom stereocenters. The van der Waals surface area contributed by atoms with Gasteiger partial charge in [-0.05, 0) is 45.4 Å². The molecule has 2 aromatic rings. The highest BCUT2D eigenvalue weighted by atomic mass is 32.1. The number of fused-ring (bicyclic) bond motifs is 1. The maximum Gasteiger partial charge on any atom is 0.142 e. The van der Waals surface area contributed by atoms with E-state index < -0.39 is 0 Å². The minimum Gasteiger partial charge on any atom is -0.319 e. The molecule has 0 spiro atoms. The monoisotopic (exact) mass is 273 g/mol. The molecule has 4 heteroatoms. The van der Waals surface area contributed by atoms with Gasteiger partial charge in [-0.15, -0.1) is 11.3 Å². The number of aryl methyl sites for hydroxylation is 2. The molecule has 3 rings (SSSR count). The lowest BCUT2D eigenvalue weighted by molar-refractivity contribution is 0.523. The Hall–Kier alpha value is -1.26. The minimum absolute atomic E-state index is 0.573. The molecule has 0 saturated heterocycles. The van der Waals surface area contributed by atoms with Crippen molar-refractivity contribution in [3.63, 3.8) is 0 Å². The fraction of sp³-hybridized carbons (Fsp3) is 0.467. The van der Waals surface area contributed by atoms with E-state index in [9.17, 15) is 0 Å². The smallest absolute Gasteiger partial charge is 0.142 e. The zero-order valence-corrected chi connectivity index (χ0v) is 12.3. The summed E-state index contributed by atoms with van der Waals surface area (Å²) in [5.74, 6) is 0.573. The quantitative estimate of drug-likeness (QED) is 0.933. The highest BCUT2D eigenvalue weighted by Crippen LogP contribution is 2.37. The van der Waals surface area contributed by atoms with Gasteiger partial charge in [0.15, 0.2) is 0 Å². The van der Waals surface area contributed by atoms with Gasteiger partial charge in [0.05, 0.1) is 11.4 Å². The molecule has 2 heterocycles. The standard InChI is InChI=1S/C15H19N3S/c1-10-5-3-7-12(17-10)15-18-14-11(9-16-2)6-4-8-13(14)19-15/h3,5,7,11,16H,4,6,8-9H2,1-2H3. The van der Waals surface area contributed by atoms with Crippen LogP contribution in [0.1, 0.15) is 35.0 Å². The van der Waals surface area contributed by atoms with Crippen LogP contribution in [0, 0.1) is 6.92 Å². The molecule has 100 valence electrons. The van der Waals surface area contributed by atoms with E-state index in [0.717, 1.165) is 22.9 Å². The molecule has 1 atom stereocenters. The first-order valence-electron chi connectivity index (χ1n) is 6.86. The van der Waals surface area contributed by atoms with Crippen LogP contribution in [-0.4, -0.2) is 23.6 Å². The van der Waals surface area contributed by atoms with Crippen molar-refractivity contribution in [3.8, 4) is 10.7 Å². The second kappa shape index (κ2) is 5.39. The fourth-order valence-electron chi connectivity index (χ4n) is 2.72. The summed E-state index contributed by atoms with van der Waals surface area (Å²) in [5, 5.41) is 4.37. The van der Waals surface area contributed by atoms with Crippen molar-refractivity contribution in [2.45, 2.75) is 32.1 Å². The molecule has 0 amide bonds. The van der Waals surface area contributed by atoms with Crippen LogP contribution in [0.15, 0.2) is 18.2 Å². The molecule has 2 aromatic heterocycles. The number of rotatable bonds is 3. The average molecular weight is 273 g/mol. The van der Waals surface area contributed by atoms with Crippen molar-refractivity contribution in [3.05, 3.63) is 34.5 Å². The molecular formula is C15H19N3S. The third kappa shape index (κ3) is 2.55. The maximum atomic E-state index is 4.88. The predicted octanol–water partition coefficient (Wildman–Crippen LogP) is 3.15. The van der Waals surface area contributed by atoms with E-state index in [1.807, 2.05) is 31.4 Å². The van der Waals surface area contributed by atoms with Crippen LogP contribution in [0.4, 0.5) is 0 Å². The molecule has 0 radical (unpaired) electrons. The lowest BCUT2D eigenvalue weighted by Gasteiger charge is -2.20. The van der Waals surface area contributed by atoms with Crippen LogP contribution in [0.3, 0.4) is 0 Å². The molecule has 19 heavy (non-hydrogen) atoms. The van der Waals surface area contributed by atoms with Crippen molar-refractivity contribution in [1.29, 1.82) is 0 Å². The second-order valence-corrected chi connectivity index (χ2v) is 6.22. The SMILES string of the molecule is CNCC1CCCc2sc(-c3cccc(C)n3)nc21. The normalized spacial score (nSPS) is 18.3.